The first kappa shape index (κ1) is 11.9. The summed E-state index contributed by atoms with van der Waals surface area (Å²) in [4.78, 5) is 0. The van der Waals surface area contributed by atoms with E-state index in [1.807, 2.05) is 31.2 Å². The van der Waals surface area contributed by atoms with Crippen molar-refractivity contribution >= 4 is 11.6 Å². The maximum atomic E-state index is 5.55. The Kier molecular flexibility index (Phi) is 5.73. The minimum atomic E-state index is 0.679. The molecule has 0 fully saturated rings. The minimum Gasteiger partial charge on any atom is -0.494 e. The van der Waals surface area contributed by atoms with Gasteiger partial charge < -0.3 is 4.74 Å². The number of hydrogen-bond donors (Lipinski definition) is 0. The molecule has 0 heterocycles. The van der Waals surface area contributed by atoms with Gasteiger partial charge in [0.1, 0.15) is 5.75 Å². The van der Waals surface area contributed by atoms with Crippen LogP contribution in [0.15, 0.2) is 24.3 Å². The maximum Gasteiger partial charge on any atom is 0.119 e. The highest BCUT2D eigenvalue weighted by molar-refractivity contribution is 6.17. The number of benzene rings is 1. The van der Waals surface area contributed by atoms with E-state index in [-0.39, 0.29) is 0 Å². The Hall–Kier alpha value is -1.13. The van der Waals surface area contributed by atoms with Crippen LogP contribution in [-0.2, 0) is 0 Å². The highest BCUT2D eigenvalue weighted by Crippen LogP contribution is 2.11. The van der Waals surface area contributed by atoms with Gasteiger partial charge in [0.05, 0.1) is 6.61 Å². The van der Waals surface area contributed by atoms with Crippen LogP contribution in [0.5, 0.6) is 5.75 Å². The van der Waals surface area contributed by atoms with E-state index in [1.54, 1.807) is 0 Å². The van der Waals surface area contributed by atoms with Gasteiger partial charge in [0, 0.05) is 17.9 Å². The maximum absolute atomic E-state index is 5.55. The molecule has 0 spiro atoms. The van der Waals surface area contributed by atoms with E-state index in [4.69, 9.17) is 16.3 Å². The van der Waals surface area contributed by atoms with Gasteiger partial charge in [0.25, 0.3) is 0 Å². The summed E-state index contributed by atoms with van der Waals surface area (Å²) < 4.78 is 5.34. The zero-order valence-electron chi connectivity index (χ0n) is 8.92. The molecular weight excluding hydrogens is 208 g/mol. The number of rotatable bonds is 4. The lowest BCUT2D eigenvalue weighted by molar-refractivity contribution is 0.340. The molecule has 0 amide bonds. The first-order valence-corrected chi connectivity index (χ1v) is 5.68. The SMILES string of the molecule is CCOc1ccc(C#CCCCCl)cc1. The monoisotopic (exact) mass is 222 g/mol. The first-order chi connectivity index (χ1) is 7.36. The van der Waals surface area contributed by atoms with Crippen molar-refractivity contribution in [3.8, 4) is 17.6 Å². The molecule has 0 saturated carbocycles. The molecule has 0 aliphatic heterocycles. The van der Waals surface area contributed by atoms with Crippen molar-refractivity contribution in [2.45, 2.75) is 19.8 Å². The van der Waals surface area contributed by atoms with Gasteiger partial charge >= 0.3 is 0 Å². The second-order valence-corrected chi connectivity index (χ2v) is 3.43. The zero-order chi connectivity index (χ0) is 10.9. The number of halogens is 1. The van der Waals surface area contributed by atoms with Crippen molar-refractivity contribution in [2.75, 3.05) is 12.5 Å². The van der Waals surface area contributed by atoms with Gasteiger partial charge in [0.2, 0.25) is 0 Å². The van der Waals surface area contributed by atoms with E-state index in [0.29, 0.717) is 12.5 Å². The lowest BCUT2D eigenvalue weighted by Gasteiger charge is -2.01. The van der Waals surface area contributed by atoms with E-state index < -0.39 is 0 Å². The molecule has 0 aliphatic carbocycles. The van der Waals surface area contributed by atoms with Crippen molar-refractivity contribution in [3.05, 3.63) is 29.8 Å². The molecule has 1 nitrogen and oxygen atoms in total. The van der Waals surface area contributed by atoms with Crippen molar-refractivity contribution in [1.82, 2.24) is 0 Å². The van der Waals surface area contributed by atoms with Crippen molar-refractivity contribution < 1.29 is 4.74 Å². The second-order valence-electron chi connectivity index (χ2n) is 3.05. The quantitative estimate of drug-likeness (QED) is 0.431. The van der Waals surface area contributed by atoms with E-state index in [2.05, 4.69) is 11.8 Å². The minimum absolute atomic E-state index is 0.679. The van der Waals surface area contributed by atoms with E-state index >= 15 is 0 Å². The van der Waals surface area contributed by atoms with Gasteiger partial charge in [-0.3, -0.25) is 0 Å². The fourth-order valence-corrected chi connectivity index (χ4v) is 1.25. The number of alkyl halides is 1. The average molecular weight is 223 g/mol. The summed E-state index contributed by atoms with van der Waals surface area (Å²) in [5.74, 6) is 7.73. The number of unbranched alkanes of at least 4 members (excludes halogenated alkanes) is 1. The molecule has 1 aromatic rings. The van der Waals surface area contributed by atoms with E-state index in [0.717, 1.165) is 24.2 Å². The summed E-state index contributed by atoms with van der Waals surface area (Å²) >= 11 is 5.55. The Morgan fingerprint density at radius 1 is 1.27 bits per heavy atom. The van der Waals surface area contributed by atoms with E-state index in [9.17, 15) is 0 Å². The van der Waals surface area contributed by atoms with E-state index in [1.165, 1.54) is 0 Å². The van der Waals surface area contributed by atoms with Crippen molar-refractivity contribution in [1.29, 1.82) is 0 Å². The molecule has 0 saturated heterocycles. The molecule has 0 atom stereocenters. The van der Waals surface area contributed by atoms with Crippen molar-refractivity contribution in [3.63, 3.8) is 0 Å². The molecule has 0 aromatic heterocycles. The predicted octanol–water partition coefficient (Wildman–Crippen LogP) is 3.46. The number of ether oxygens (including phenoxy) is 1. The van der Waals surface area contributed by atoms with Gasteiger partial charge in [-0.05, 0) is 37.6 Å². The topological polar surface area (TPSA) is 9.23 Å². The second kappa shape index (κ2) is 7.20. The third kappa shape index (κ3) is 4.76. The summed E-state index contributed by atoms with van der Waals surface area (Å²) in [7, 11) is 0. The van der Waals surface area contributed by atoms with Gasteiger partial charge in [-0.2, -0.15) is 0 Å². The first-order valence-electron chi connectivity index (χ1n) is 5.14. The highest BCUT2D eigenvalue weighted by Gasteiger charge is 1.90. The predicted molar refractivity (Wildman–Crippen MR) is 64.4 cm³/mol. The smallest absolute Gasteiger partial charge is 0.119 e. The summed E-state index contributed by atoms with van der Waals surface area (Å²) in [5.41, 5.74) is 1.02. The van der Waals surface area contributed by atoms with Crippen LogP contribution in [0.25, 0.3) is 0 Å². The number of hydrogen-bond acceptors (Lipinski definition) is 1. The van der Waals surface area contributed by atoms with Crippen LogP contribution in [-0.4, -0.2) is 12.5 Å². The molecule has 1 aromatic carbocycles. The Morgan fingerprint density at radius 2 is 2.00 bits per heavy atom. The van der Waals surface area contributed by atoms with Crippen LogP contribution in [0, 0.1) is 11.8 Å². The van der Waals surface area contributed by atoms with Crippen LogP contribution in [0.3, 0.4) is 0 Å². The molecule has 0 N–H and O–H groups in total. The standard InChI is InChI=1S/C13H15ClO/c1-2-15-13-9-7-12(8-10-13)6-4-3-5-11-14/h7-10H,2-3,5,11H2,1H3. The molecule has 80 valence electrons. The Bertz CT molecular complexity index is 332. The summed E-state index contributed by atoms with van der Waals surface area (Å²) in [6.07, 6.45) is 1.81. The lowest BCUT2D eigenvalue weighted by atomic mass is 10.2. The van der Waals surface area contributed by atoms with Crippen LogP contribution in [0.2, 0.25) is 0 Å². The fraction of sp³-hybridized carbons (Fsp3) is 0.385. The molecule has 0 aliphatic rings. The summed E-state index contributed by atoms with van der Waals surface area (Å²) in [6.45, 7) is 2.67. The average Bonchev–Trinajstić information content (AvgIpc) is 2.27. The van der Waals surface area contributed by atoms with Gasteiger partial charge in [0.15, 0.2) is 0 Å². The molecule has 0 unspecified atom stereocenters. The van der Waals surface area contributed by atoms with Gasteiger partial charge in [-0.25, -0.2) is 0 Å². The largest absolute Gasteiger partial charge is 0.494 e. The third-order valence-corrected chi connectivity index (χ3v) is 2.10. The third-order valence-electron chi connectivity index (χ3n) is 1.83. The Balaban J connectivity index is 2.51. The Labute approximate surface area is 96.4 Å². The van der Waals surface area contributed by atoms with Crippen LogP contribution < -0.4 is 4.74 Å². The van der Waals surface area contributed by atoms with Crippen LogP contribution in [0.1, 0.15) is 25.3 Å². The molecule has 0 bridgehead atoms. The zero-order valence-corrected chi connectivity index (χ0v) is 9.68. The summed E-state index contributed by atoms with van der Waals surface area (Å²) in [6, 6.07) is 7.82. The highest BCUT2D eigenvalue weighted by atomic mass is 35.5. The molecular formula is C13H15ClO. The molecule has 0 radical (unpaired) electrons. The van der Waals surface area contributed by atoms with Crippen LogP contribution in [0.4, 0.5) is 0 Å². The molecule has 2 heteroatoms. The van der Waals surface area contributed by atoms with Crippen molar-refractivity contribution in [2.24, 2.45) is 0 Å². The molecule has 1 rings (SSSR count). The fourth-order valence-electron chi connectivity index (χ4n) is 1.12. The lowest BCUT2D eigenvalue weighted by Crippen LogP contribution is -1.90. The summed E-state index contributed by atoms with van der Waals surface area (Å²) in [5, 5.41) is 0. The Morgan fingerprint density at radius 3 is 2.60 bits per heavy atom. The van der Waals surface area contributed by atoms with Crippen LogP contribution >= 0.6 is 11.6 Å². The van der Waals surface area contributed by atoms with Gasteiger partial charge in [-0.15, -0.1) is 11.6 Å². The van der Waals surface area contributed by atoms with Gasteiger partial charge in [-0.1, -0.05) is 11.8 Å². The normalized spacial score (nSPS) is 9.20. The molecule has 15 heavy (non-hydrogen) atoms.